The lowest BCUT2D eigenvalue weighted by Crippen LogP contribution is -2.36. The van der Waals surface area contributed by atoms with Crippen molar-refractivity contribution >= 4 is 15.7 Å². The zero-order valence-corrected chi connectivity index (χ0v) is 11.7. The molecule has 2 N–H and O–H groups in total. The zero-order valence-electron chi connectivity index (χ0n) is 10.8. The van der Waals surface area contributed by atoms with E-state index >= 15 is 0 Å². The molecule has 6 nitrogen and oxygen atoms in total. The van der Waals surface area contributed by atoms with Crippen molar-refractivity contribution in [3.05, 3.63) is 36.4 Å². The number of nitrogens with zero attached hydrogens (tertiary/aromatic N) is 2. The lowest BCUT2D eigenvalue weighted by Gasteiger charge is -2.06. The molecule has 0 saturated carbocycles. The van der Waals surface area contributed by atoms with E-state index in [0.29, 0.717) is 19.5 Å². The Kier molecular flexibility index (Phi) is 4.52. The fourth-order valence-corrected chi connectivity index (χ4v) is 2.77. The SMILES string of the molecule is CCNS(=O)(=O)NCCCc1ncc2ccccn12. The summed E-state index contributed by atoms with van der Waals surface area (Å²) in [7, 11) is -3.34. The molecule has 2 aromatic heterocycles. The van der Waals surface area contributed by atoms with Gasteiger partial charge in [0, 0.05) is 25.7 Å². The number of nitrogens with one attached hydrogen (secondary N) is 2. The smallest absolute Gasteiger partial charge is 0.276 e. The zero-order chi connectivity index (χ0) is 13.7. The van der Waals surface area contributed by atoms with Crippen molar-refractivity contribution in [2.24, 2.45) is 0 Å². The van der Waals surface area contributed by atoms with Gasteiger partial charge in [0.2, 0.25) is 0 Å². The van der Waals surface area contributed by atoms with Crippen LogP contribution in [-0.4, -0.2) is 30.9 Å². The number of fused-ring (bicyclic) bond motifs is 1. The van der Waals surface area contributed by atoms with E-state index in [1.165, 1.54) is 0 Å². The van der Waals surface area contributed by atoms with Crippen molar-refractivity contribution < 1.29 is 8.42 Å². The maximum Gasteiger partial charge on any atom is 0.276 e. The Balaban J connectivity index is 1.86. The van der Waals surface area contributed by atoms with Gasteiger partial charge in [-0.25, -0.2) is 14.4 Å². The fourth-order valence-electron chi connectivity index (χ4n) is 1.88. The second-order valence-electron chi connectivity index (χ2n) is 4.17. The van der Waals surface area contributed by atoms with Gasteiger partial charge in [0.05, 0.1) is 11.7 Å². The van der Waals surface area contributed by atoms with Crippen LogP contribution in [0, 0.1) is 0 Å². The second-order valence-corrected chi connectivity index (χ2v) is 5.75. The predicted molar refractivity (Wildman–Crippen MR) is 74.1 cm³/mol. The standard InChI is InChI=1S/C12H18N4O2S/c1-2-14-19(17,18)15-8-5-7-12-13-10-11-6-3-4-9-16(11)12/h3-4,6,9-10,14-15H,2,5,7-8H2,1H3. The molecule has 0 spiro atoms. The third-order valence-electron chi connectivity index (χ3n) is 2.72. The number of imidazole rings is 1. The second kappa shape index (κ2) is 6.14. The Morgan fingerprint density at radius 2 is 2.16 bits per heavy atom. The Hall–Kier alpha value is -1.44. The third-order valence-corrected chi connectivity index (χ3v) is 3.97. The van der Waals surface area contributed by atoms with E-state index in [9.17, 15) is 8.42 Å². The number of pyridine rings is 1. The monoisotopic (exact) mass is 282 g/mol. The van der Waals surface area contributed by atoms with E-state index in [1.807, 2.05) is 35.0 Å². The molecule has 104 valence electrons. The average molecular weight is 282 g/mol. The lowest BCUT2D eigenvalue weighted by atomic mass is 10.3. The average Bonchev–Trinajstić information content (AvgIpc) is 2.78. The normalized spacial score (nSPS) is 12.1. The number of aromatic nitrogens is 2. The molecule has 2 aromatic rings. The quantitative estimate of drug-likeness (QED) is 0.734. The van der Waals surface area contributed by atoms with Gasteiger partial charge in [-0.2, -0.15) is 8.42 Å². The molecule has 0 aliphatic rings. The van der Waals surface area contributed by atoms with Gasteiger partial charge in [-0.05, 0) is 18.6 Å². The van der Waals surface area contributed by atoms with Crippen LogP contribution in [0.15, 0.2) is 30.6 Å². The summed E-state index contributed by atoms with van der Waals surface area (Å²) >= 11 is 0. The lowest BCUT2D eigenvalue weighted by molar-refractivity contribution is 0.565. The van der Waals surface area contributed by atoms with Crippen molar-refractivity contribution in [2.75, 3.05) is 13.1 Å². The largest absolute Gasteiger partial charge is 0.304 e. The molecule has 2 rings (SSSR count). The molecule has 0 aliphatic carbocycles. The molecule has 2 heterocycles. The van der Waals surface area contributed by atoms with Crippen LogP contribution >= 0.6 is 0 Å². The highest BCUT2D eigenvalue weighted by Gasteiger charge is 2.07. The van der Waals surface area contributed by atoms with Crippen molar-refractivity contribution in [1.82, 2.24) is 18.8 Å². The van der Waals surface area contributed by atoms with E-state index in [1.54, 1.807) is 6.92 Å². The van der Waals surface area contributed by atoms with Crippen molar-refractivity contribution in [3.8, 4) is 0 Å². The molecule has 7 heteroatoms. The summed E-state index contributed by atoms with van der Waals surface area (Å²) in [4.78, 5) is 4.34. The van der Waals surface area contributed by atoms with E-state index in [4.69, 9.17) is 0 Å². The van der Waals surface area contributed by atoms with Gasteiger partial charge in [-0.3, -0.25) is 0 Å². The van der Waals surface area contributed by atoms with Crippen LogP contribution in [0.4, 0.5) is 0 Å². The molecule has 0 bridgehead atoms. The Morgan fingerprint density at radius 3 is 2.95 bits per heavy atom. The minimum Gasteiger partial charge on any atom is -0.304 e. The topological polar surface area (TPSA) is 75.5 Å². The van der Waals surface area contributed by atoms with Gasteiger partial charge in [-0.1, -0.05) is 13.0 Å². The molecule has 19 heavy (non-hydrogen) atoms. The maximum atomic E-state index is 11.4. The van der Waals surface area contributed by atoms with Crippen LogP contribution in [0.2, 0.25) is 0 Å². The third kappa shape index (κ3) is 3.76. The van der Waals surface area contributed by atoms with Crippen molar-refractivity contribution in [3.63, 3.8) is 0 Å². The fraction of sp³-hybridized carbons (Fsp3) is 0.417. The first-order valence-corrected chi connectivity index (χ1v) is 7.76. The summed E-state index contributed by atoms with van der Waals surface area (Å²) in [6.45, 7) is 2.53. The molecule has 0 aliphatic heterocycles. The highest BCUT2D eigenvalue weighted by atomic mass is 32.2. The Bertz CT molecular complexity index is 636. The van der Waals surface area contributed by atoms with E-state index in [-0.39, 0.29) is 0 Å². The number of rotatable bonds is 7. The molecule has 0 unspecified atom stereocenters. The molecule has 0 aromatic carbocycles. The van der Waals surface area contributed by atoms with Crippen molar-refractivity contribution in [2.45, 2.75) is 19.8 Å². The molecule has 0 saturated heterocycles. The first-order chi connectivity index (χ1) is 9.12. The van der Waals surface area contributed by atoms with Crippen LogP contribution < -0.4 is 9.44 Å². The summed E-state index contributed by atoms with van der Waals surface area (Å²) in [5.74, 6) is 0.943. The van der Waals surface area contributed by atoms with Gasteiger partial charge in [0.15, 0.2) is 0 Å². The van der Waals surface area contributed by atoms with Gasteiger partial charge < -0.3 is 4.40 Å². The maximum absolute atomic E-state index is 11.4. The molecular weight excluding hydrogens is 264 g/mol. The number of hydrogen-bond acceptors (Lipinski definition) is 3. The highest BCUT2D eigenvalue weighted by molar-refractivity contribution is 7.87. The highest BCUT2D eigenvalue weighted by Crippen LogP contribution is 2.07. The van der Waals surface area contributed by atoms with Crippen LogP contribution in [0.3, 0.4) is 0 Å². The van der Waals surface area contributed by atoms with Crippen LogP contribution in [-0.2, 0) is 16.6 Å². The van der Waals surface area contributed by atoms with Crippen LogP contribution in [0.5, 0.6) is 0 Å². The first kappa shape index (κ1) is 14.0. The predicted octanol–water partition coefficient (Wildman–Crippen LogP) is 0.711. The number of aryl methyl sites for hydroxylation is 1. The summed E-state index contributed by atoms with van der Waals surface area (Å²) < 4.78 is 29.6. The van der Waals surface area contributed by atoms with E-state index in [2.05, 4.69) is 14.4 Å². The summed E-state index contributed by atoms with van der Waals surface area (Å²) in [5, 5.41) is 0. The van der Waals surface area contributed by atoms with Crippen LogP contribution in [0.1, 0.15) is 19.2 Å². The number of hydrogen-bond donors (Lipinski definition) is 2. The summed E-state index contributed by atoms with van der Waals surface area (Å²) in [5.41, 5.74) is 1.05. The minimum absolute atomic E-state index is 0.389. The van der Waals surface area contributed by atoms with Gasteiger partial charge in [0.25, 0.3) is 10.2 Å². The molecule has 0 atom stereocenters. The van der Waals surface area contributed by atoms with E-state index in [0.717, 1.165) is 17.8 Å². The first-order valence-electron chi connectivity index (χ1n) is 6.27. The summed E-state index contributed by atoms with van der Waals surface area (Å²) in [6, 6.07) is 5.90. The van der Waals surface area contributed by atoms with Gasteiger partial charge in [-0.15, -0.1) is 0 Å². The van der Waals surface area contributed by atoms with E-state index < -0.39 is 10.2 Å². The minimum atomic E-state index is -3.34. The van der Waals surface area contributed by atoms with Gasteiger partial charge in [0.1, 0.15) is 5.82 Å². The Morgan fingerprint density at radius 1 is 1.32 bits per heavy atom. The molecule has 0 radical (unpaired) electrons. The Labute approximate surface area is 113 Å². The molecular formula is C12H18N4O2S. The molecule has 0 fully saturated rings. The molecule has 0 amide bonds. The van der Waals surface area contributed by atoms with Crippen molar-refractivity contribution in [1.29, 1.82) is 0 Å². The van der Waals surface area contributed by atoms with Crippen LogP contribution in [0.25, 0.3) is 5.52 Å². The summed E-state index contributed by atoms with van der Waals surface area (Å²) in [6.07, 6.45) is 5.21. The van der Waals surface area contributed by atoms with Gasteiger partial charge >= 0.3 is 0 Å².